The van der Waals surface area contributed by atoms with Gasteiger partial charge in [0.15, 0.2) is 23.0 Å². The number of hydrogen-bond acceptors (Lipinski definition) is 5. The third-order valence-corrected chi connectivity index (χ3v) is 3.81. The summed E-state index contributed by atoms with van der Waals surface area (Å²) in [7, 11) is -4.48. The zero-order chi connectivity index (χ0) is 20.3. The van der Waals surface area contributed by atoms with Gasteiger partial charge in [0.05, 0.1) is 0 Å². The van der Waals surface area contributed by atoms with Gasteiger partial charge in [0.25, 0.3) is 0 Å². The minimum atomic E-state index is -4.48. The Balaban J connectivity index is 2.23. The summed E-state index contributed by atoms with van der Waals surface area (Å²) in [6.45, 7) is 11.2. The first kappa shape index (κ1) is 21.1. The van der Waals surface area contributed by atoms with Crippen molar-refractivity contribution in [2.75, 3.05) is 0 Å². The molecule has 27 heavy (non-hydrogen) atoms. The van der Waals surface area contributed by atoms with Crippen LogP contribution in [0.4, 0.5) is 0 Å². The molecule has 0 aromatic heterocycles. The van der Waals surface area contributed by atoms with E-state index in [1.54, 1.807) is 48.5 Å². The Hall–Kier alpha value is -2.17. The van der Waals surface area contributed by atoms with E-state index < -0.39 is 19.0 Å². The largest absolute Gasteiger partial charge is 0.585 e. The van der Waals surface area contributed by atoms with Crippen molar-refractivity contribution in [3.8, 4) is 23.0 Å². The molecule has 0 aliphatic carbocycles. The normalized spacial score (nSPS) is 12.4. The van der Waals surface area contributed by atoms with Gasteiger partial charge < -0.3 is 18.5 Å². The van der Waals surface area contributed by atoms with Crippen molar-refractivity contribution in [1.29, 1.82) is 0 Å². The van der Waals surface area contributed by atoms with E-state index in [0.29, 0.717) is 11.5 Å². The molecule has 0 atom stereocenters. The molecule has 2 aromatic rings. The van der Waals surface area contributed by atoms with E-state index >= 15 is 0 Å². The van der Waals surface area contributed by atoms with Crippen LogP contribution in [0, 0.1) is 0 Å². The van der Waals surface area contributed by atoms with Crippen LogP contribution in [-0.4, -0.2) is 16.1 Å². The van der Waals surface area contributed by atoms with Crippen LogP contribution in [0.25, 0.3) is 0 Å². The Morgan fingerprint density at radius 1 is 0.667 bits per heavy atom. The summed E-state index contributed by atoms with van der Waals surface area (Å²) in [5.74, 6) is 0.934. The van der Waals surface area contributed by atoms with E-state index in [1.807, 2.05) is 41.5 Å². The average molecular weight is 394 g/mol. The number of para-hydroxylation sites is 4. The van der Waals surface area contributed by atoms with Gasteiger partial charge in [-0.05, 0) is 65.8 Å². The van der Waals surface area contributed by atoms with Gasteiger partial charge in [-0.1, -0.05) is 24.3 Å². The van der Waals surface area contributed by atoms with E-state index in [-0.39, 0.29) is 11.5 Å². The Morgan fingerprint density at radius 2 is 0.963 bits per heavy atom. The van der Waals surface area contributed by atoms with Gasteiger partial charge in [-0.3, -0.25) is 4.89 Å². The molecule has 0 spiro atoms. The van der Waals surface area contributed by atoms with Crippen molar-refractivity contribution in [2.24, 2.45) is 0 Å². The SMILES string of the molecule is CC(C)(C)Oc1ccccc1OP(=O)(O)Oc1ccccc1OC(C)(C)C. The highest BCUT2D eigenvalue weighted by atomic mass is 31.2. The number of rotatable bonds is 6. The molecule has 0 amide bonds. The van der Waals surface area contributed by atoms with E-state index in [4.69, 9.17) is 18.5 Å². The first-order chi connectivity index (χ1) is 12.3. The molecule has 0 saturated heterocycles. The van der Waals surface area contributed by atoms with Gasteiger partial charge in [0.1, 0.15) is 11.2 Å². The summed E-state index contributed by atoms with van der Waals surface area (Å²) < 4.78 is 34.7. The van der Waals surface area contributed by atoms with Crippen molar-refractivity contribution in [1.82, 2.24) is 0 Å². The molecule has 0 saturated carbocycles. The second-order valence-corrected chi connectivity index (χ2v) is 9.28. The molecular weight excluding hydrogens is 367 g/mol. The van der Waals surface area contributed by atoms with Gasteiger partial charge in [0.2, 0.25) is 0 Å². The van der Waals surface area contributed by atoms with Crippen LogP contribution in [0.3, 0.4) is 0 Å². The molecule has 2 rings (SSSR count). The van der Waals surface area contributed by atoms with Crippen molar-refractivity contribution in [3.05, 3.63) is 48.5 Å². The van der Waals surface area contributed by atoms with E-state index in [2.05, 4.69) is 0 Å². The quantitative estimate of drug-likeness (QED) is 0.643. The van der Waals surface area contributed by atoms with Crippen molar-refractivity contribution in [3.63, 3.8) is 0 Å². The minimum absolute atomic E-state index is 0.118. The molecule has 0 bridgehead atoms. The first-order valence-corrected chi connectivity index (χ1v) is 10.1. The number of phosphoric acid groups is 1. The van der Waals surface area contributed by atoms with Crippen LogP contribution in [0.5, 0.6) is 23.0 Å². The van der Waals surface area contributed by atoms with Crippen molar-refractivity contribution in [2.45, 2.75) is 52.7 Å². The molecule has 7 heteroatoms. The highest BCUT2D eigenvalue weighted by Crippen LogP contribution is 2.49. The van der Waals surface area contributed by atoms with Gasteiger partial charge in [0, 0.05) is 0 Å². The lowest BCUT2D eigenvalue weighted by Gasteiger charge is -2.25. The van der Waals surface area contributed by atoms with Crippen LogP contribution >= 0.6 is 7.82 Å². The lowest BCUT2D eigenvalue weighted by Crippen LogP contribution is -2.23. The Labute approximate surface area is 160 Å². The monoisotopic (exact) mass is 394 g/mol. The third-order valence-electron chi connectivity index (χ3n) is 2.96. The summed E-state index contributed by atoms with van der Waals surface area (Å²) in [4.78, 5) is 10.3. The highest BCUT2D eigenvalue weighted by Gasteiger charge is 2.29. The summed E-state index contributed by atoms with van der Waals surface area (Å²) in [6.07, 6.45) is 0. The summed E-state index contributed by atoms with van der Waals surface area (Å²) in [6, 6.07) is 13.3. The number of phosphoric ester groups is 1. The summed E-state index contributed by atoms with van der Waals surface area (Å²) >= 11 is 0. The van der Waals surface area contributed by atoms with Gasteiger partial charge in [-0.25, -0.2) is 4.57 Å². The van der Waals surface area contributed by atoms with E-state index in [0.717, 1.165) is 0 Å². The molecule has 2 aromatic carbocycles. The van der Waals surface area contributed by atoms with E-state index in [1.165, 1.54) is 0 Å². The third kappa shape index (κ3) is 7.16. The second-order valence-electron chi connectivity index (χ2n) is 7.97. The van der Waals surface area contributed by atoms with Gasteiger partial charge in [-0.15, -0.1) is 0 Å². The van der Waals surface area contributed by atoms with Crippen LogP contribution < -0.4 is 18.5 Å². The molecule has 0 fully saturated rings. The maximum absolute atomic E-state index is 12.6. The smallest absolute Gasteiger partial charge is 0.484 e. The van der Waals surface area contributed by atoms with Gasteiger partial charge >= 0.3 is 7.82 Å². The summed E-state index contributed by atoms with van der Waals surface area (Å²) in [5.41, 5.74) is -0.986. The Bertz CT molecular complexity index is 754. The molecule has 0 aliphatic rings. The molecule has 0 aliphatic heterocycles. The second kappa shape index (κ2) is 7.83. The molecule has 6 nitrogen and oxygen atoms in total. The van der Waals surface area contributed by atoms with Crippen LogP contribution in [-0.2, 0) is 4.57 Å². The van der Waals surface area contributed by atoms with Crippen LogP contribution in [0.15, 0.2) is 48.5 Å². The summed E-state index contributed by atoms with van der Waals surface area (Å²) in [5, 5.41) is 0. The molecule has 1 N–H and O–H groups in total. The zero-order valence-electron chi connectivity index (χ0n) is 16.6. The fraction of sp³-hybridized carbons (Fsp3) is 0.400. The standard InChI is InChI=1S/C20H27O6P/c1-19(2,3)23-15-11-7-9-13-17(15)25-27(21,22)26-18-14-10-8-12-16(18)24-20(4,5)6/h7-14H,1-6H3,(H,21,22). The molecular formula is C20H27O6P. The zero-order valence-corrected chi connectivity index (χ0v) is 17.4. The fourth-order valence-electron chi connectivity index (χ4n) is 2.15. The predicted molar refractivity (Wildman–Crippen MR) is 105 cm³/mol. The topological polar surface area (TPSA) is 74.2 Å². The predicted octanol–water partition coefficient (Wildman–Crippen LogP) is 5.60. The maximum Gasteiger partial charge on any atom is 0.585 e. The number of benzene rings is 2. The maximum atomic E-state index is 12.6. The fourth-order valence-corrected chi connectivity index (χ4v) is 2.98. The van der Waals surface area contributed by atoms with Crippen LogP contribution in [0.2, 0.25) is 0 Å². The first-order valence-electron chi connectivity index (χ1n) is 8.63. The molecule has 0 radical (unpaired) electrons. The average Bonchev–Trinajstić information content (AvgIpc) is 2.48. The van der Waals surface area contributed by atoms with Gasteiger partial charge in [-0.2, -0.15) is 0 Å². The van der Waals surface area contributed by atoms with Crippen LogP contribution in [0.1, 0.15) is 41.5 Å². The Kier molecular flexibility index (Phi) is 6.13. The van der Waals surface area contributed by atoms with Crippen molar-refractivity contribution >= 4 is 7.82 Å². The molecule has 0 heterocycles. The lowest BCUT2D eigenvalue weighted by atomic mass is 10.2. The lowest BCUT2D eigenvalue weighted by molar-refractivity contribution is 0.124. The molecule has 148 valence electrons. The highest BCUT2D eigenvalue weighted by molar-refractivity contribution is 7.48. The van der Waals surface area contributed by atoms with Crippen molar-refractivity contribution < 1.29 is 28.0 Å². The van der Waals surface area contributed by atoms with E-state index in [9.17, 15) is 9.46 Å². The minimum Gasteiger partial charge on any atom is -0.484 e. The molecule has 0 unspecified atom stereocenters. The number of hydrogen-bond donors (Lipinski definition) is 1. The number of ether oxygens (including phenoxy) is 2. The Morgan fingerprint density at radius 3 is 1.26 bits per heavy atom.